The van der Waals surface area contributed by atoms with Gasteiger partial charge in [0.25, 0.3) is 5.69 Å². The average Bonchev–Trinajstić information content (AvgIpc) is 3.29. The topological polar surface area (TPSA) is 221 Å². The number of aliphatic hydroxyl groups excluding tert-OH is 5. The van der Waals surface area contributed by atoms with Crippen molar-refractivity contribution < 1.29 is 58.3 Å². The van der Waals surface area contributed by atoms with Crippen LogP contribution in [0.4, 0.5) is 14.5 Å². The number of carbonyl (C=O) groups is 2. The summed E-state index contributed by atoms with van der Waals surface area (Å²) >= 11 is 0. The summed E-state index contributed by atoms with van der Waals surface area (Å²) in [6, 6.07) is 8.35. The molecule has 0 aliphatic carbocycles. The van der Waals surface area contributed by atoms with Crippen LogP contribution in [0.2, 0.25) is 0 Å². The Kier molecular flexibility index (Phi) is 27.5. The molecule has 0 bridgehead atoms. The number of aryl methyl sites for hydroxylation is 1. The predicted molar refractivity (Wildman–Crippen MR) is 244 cm³/mol. The molecule has 0 unspecified atom stereocenters. The number of aliphatic hydroxyl groups is 5. The predicted octanol–water partition coefficient (Wildman–Crippen LogP) is 7.41. The van der Waals surface area contributed by atoms with Gasteiger partial charge in [-0.25, -0.2) is 8.78 Å². The summed E-state index contributed by atoms with van der Waals surface area (Å²) in [5.41, 5.74) is 1.16. The number of hydrogen-bond acceptors (Lipinski definition) is 11. The molecule has 16 heteroatoms. The fraction of sp³-hybridized carbons (Fsp3) is 0.714. The number of ether oxygens (including phenoxy) is 2. The molecule has 7 N–H and O–H groups in total. The van der Waals surface area contributed by atoms with E-state index in [9.17, 15) is 54.0 Å². The monoisotopic (exact) mass is 922 g/mol. The highest BCUT2D eigenvalue weighted by Gasteiger charge is 2.45. The van der Waals surface area contributed by atoms with E-state index >= 15 is 0 Å². The van der Waals surface area contributed by atoms with Crippen LogP contribution in [0.15, 0.2) is 42.5 Å². The Hall–Kier alpha value is -3.64. The molecule has 0 spiro atoms. The lowest BCUT2D eigenvalue weighted by Gasteiger charge is -2.41. The third kappa shape index (κ3) is 22.1. The van der Waals surface area contributed by atoms with Crippen molar-refractivity contribution in [1.29, 1.82) is 0 Å². The number of amides is 2. The van der Waals surface area contributed by atoms with Crippen LogP contribution >= 0.6 is 0 Å². The summed E-state index contributed by atoms with van der Waals surface area (Å²) in [5.74, 6) is -2.52. The van der Waals surface area contributed by atoms with Gasteiger partial charge in [0, 0.05) is 25.1 Å². The molecule has 1 saturated heterocycles. The molecule has 2 amide bonds. The molecule has 2 aromatic rings. The summed E-state index contributed by atoms with van der Waals surface area (Å²) in [5, 5.41) is 70.8. The van der Waals surface area contributed by atoms with Gasteiger partial charge in [-0.05, 0) is 48.9 Å². The lowest BCUT2D eigenvalue weighted by molar-refractivity contribution is -0.384. The molecule has 0 aromatic heterocycles. The van der Waals surface area contributed by atoms with E-state index in [-0.39, 0.29) is 31.0 Å². The van der Waals surface area contributed by atoms with Crippen LogP contribution in [-0.2, 0) is 31.9 Å². The van der Waals surface area contributed by atoms with E-state index in [0.29, 0.717) is 31.2 Å². The number of carbonyl (C=O) groups excluding carboxylic acids is 2. The van der Waals surface area contributed by atoms with E-state index in [1.807, 2.05) is 0 Å². The standard InChI is InChI=1S/C49H77F2N3O11/c1-2-3-4-5-6-7-8-9-10-14-17-20-23-41(55)45(58)40(53-43(56)24-21-18-15-12-11-13-16-19-22-35-27-30-38(50)39(51)31-35)34-64-49-48(61)47(60)46(59)42(65-49)33-52-44(57)32-36-25-28-37(29-26-36)54(62)63/h25-31,40-42,45-49,55,58-61H,2-24,32-34H2,1H3,(H,52,57)(H,53,56)/t40-,41+,42+,45-,46-,47-,48+,49-/m0/s1. The molecule has 8 atom stereocenters. The Labute approximate surface area is 384 Å². The summed E-state index contributed by atoms with van der Waals surface area (Å²) in [4.78, 5) is 36.2. The quantitative estimate of drug-likeness (QED) is 0.0205. The Bertz CT molecular complexity index is 1640. The van der Waals surface area contributed by atoms with Gasteiger partial charge >= 0.3 is 0 Å². The number of non-ortho nitro benzene ring substituents is 1. The normalized spacial score (nSPS) is 20.0. The molecule has 0 saturated carbocycles. The van der Waals surface area contributed by atoms with Gasteiger partial charge in [-0.2, -0.15) is 0 Å². The number of rotatable bonds is 35. The second-order valence-corrected chi connectivity index (χ2v) is 17.7. The molecule has 1 fully saturated rings. The minimum atomic E-state index is -1.73. The summed E-state index contributed by atoms with van der Waals surface area (Å²) in [6.07, 6.45) is 11.6. The minimum absolute atomic E-state index is 0.122. The van der Waals surface area contributed by atoms with Crippen LogP contribution in [0.5, 0.6) is 0 Å². The van der Waals surface area contributed by atoms with E-state index in [0.717, 1.165) is 75.8 Å². The molecule has 3 rings (SSSR count). The van der Waals surface area contributed by atoms with Gasteiger partial charge < -0.3 is 45.6 Å². The number of nitrogens with zero attached hydrogens (tertiary/aromatic N) is 1. The van der Waals surface area contributed by atoms with Gasteiger partial charge in [0.1, 0.15) is 30.5 Å². The number of benzene rings is 2. The number of nitrogens with one attached hydrogen (secondary N) is 2. The van der Waals surface area contributed by atoms with E-state index in [2.05, 4.69) is 17.6 Å². The maximum absolute atomic E-state index is 13.4. The third-order valence-electron chi connectivity index (χ3n) is 12.2. The highest BCUT2D eigenvalue weighted by molar-refractivity contribution is 5.78. The smallest absolute Gasteiger partial charge is 0.269 e. The largest absolute Gasteiger partial charge is 0.390 e. The number of unbranched alkanes of at least 4 members (excludes halogenated alkanes) is 18. The van der Waals surface area contributed by atoms with Crippen LogP contribution in [-0.4, -0.2) is 104 Å². The van der Waals surface area contributed by atoms with Crippen molar-refractivity contribution in [3.05, 3.63) is 75.3 Å². The first-order chi connectivity index (χ1) is 31.3. The van der Waals surface area contributed by atoms with Gasteiger partial charge in [0.05, 0.1) is 30.1 Å². The van der Waals surface area contributed by atoms with Crippen molar-refractivity contribution >= 4 is 17.5 Å². The first kappa shape index (κ1) is 55.7. The molecule has 65 heavy (non-hydrogen) atoms. The number of nitro benzene ring substituents is 1. The Morgan fingerprint density at radius 1 is 0.723 bits per heavy atom. The molecule has 2 aromatic carbocycles. The first-order valence-corrected chi connectivity index (χ1v) is 24.2. The van der Waals surface area contributed by atoms with Gasteiger partial charge in [-0.1, -0.05) is 141 Å². The van der Waals surface area contributed by atoms with E-state index in [4.69, 9.17) is 9.47 Å². The molecule has 0 radical (unpaired) electrons. The summed E-state index contributed by atoms with van der Waals surface area (Å²) in [7, 11) is 0. The van der Waals surface area contributed by atoms with Crippen LogP contribution in [0.25, 0.3) is 0 Å². The number of nitro groups is 1. The van der Waals surface area contributed by atoms with Crippen molar-refractivity contribution in [1.82, 2.24) is 10.6 Å². The van der Waals surface area contributed by atoms with Crippen molar-refractivity contribution in [2.24, 2.45) is 0 Å². The maximum atomic E-state index is 13.4. The summed E-state index contributed by atoms with van der Waals surface area (Å²) < 4.78 is 38.2. The minimum Gasteiger partial charge on any atom is -0.390 e. The first-order valence-electron chi connectivity index (χ1n) is 24.2. The highest BCUT2D eigenvalue weighted by atomic mass is 19.2. The van der Waals surface area contributed by atoms with Gasteiger partial charge in [-0.3, -0.25) is 19.7 Å². The SMILES string of the molecule is CCCCCCCCCCCCCC[C@@H](O)[C@@H](O)[C@H](CO[C@H]1O[C@H](CNC(=O)Cc2ccc([N+](=O)[O-])cc2)[C@H](O)[C@H](O)[C@H]1O)NC(=O)CCCCCCCCCCc1ccc(F)c(F)c1. The molecular weight excluding hydrogens is 845 g/mol. The molecule has 368 valence electrons. The highest BCUT2D eigenvalue weighted by Crippen LogP contribution is 2.24. The zero-order chi connectivity index (χ0) is 47.4. The number of hydrogen-bond donors (Lipinski definition) is 7. The second-order valence-electron chi connectivity index (χ2n) is 17.7. The van der Waals surface area contributed by atoms with Gasteiger partial charge in [0.2, 0.25) is 11.8 Å². The maximum Gasteiger partial charge on any atom is 0.269 e. The van der Waals surface area contributed by atoms with Crippen molar-refractivity contribution in [2.75, 3.05) is 13.2 Å². The fourth-order valence-corrected chi connectivity index (χ4v) is 8.13. The second kappa shape index (κ2) is 32.1. The molecule has 1 aliphatic rings. The lowest BCUT2D eigenvalue weighted by atomic mass is 9.98. The third-order valence-corrected chi connectivity index (χ3v) is 12.2. The van der Waals surface area contributed by atoms with Gasteiger partial charge in [-0.15, -0.1) is 0 Å². The molecule has 14 nitrogen and oxygen atoms in total. The van der Waals surface area contributed by atoms with E-state index in [1.54, 1.807) is 6.07 Å². The molecule has 1 heterocycles. The number of halogens is 2. The Morgan fingerprint density at radius 2 is 1.28 bits per heavy atom. The van der Waals surface area contributed by atoms with Crippen molar-refractivity contribution in [3.63, 3.8) is 0 Å². The Balaban J connectivity index is 1.46. The van der Waals surface area contributed by atoms with Crippen LogP contribution in [0.1, 0.15) is 159 Å². The van der Waals surface area contributed by atoms with Crippen molar-refractivity contribution in [3.8, 4) is 0 Å². The van der Waals surface area contributed by atoms with Gasteiger partial charge in [0.15, 0.2) is 17.9 Å². The van der Waals surface area contributed by atoms with Crippen LogP contribution < -0.4 is 10.6 Å². The van der Waals surface area contributed by atoms with Crippen molar-refractivity contribution in [2.45, 2.75) is 210 Å². The molecular formula is C49H77F2N3O11. The fourth-order valence-electron chi connectivity index (χ4n) is 8.13. The van der Waals surface area contributed by atoms with E-state index < -0.39 is 78.0 Å². The zero-order valence-corrected chi connectivity index (χ0v) is 38.4. The average molecular weight is 922 g/mol. The summed E-state index contributed by atoms with van der Waals surface area (Å²) in [6.45, 7) is 1.52. The molecule has 1 aliphatic heterocycles. The van der Waals surface area contributed by atoms with E-state index in [1.165, 1.54) is 81.7 Å². The lowest BCUT2D eigenvalue weighted by Crippen LogP contribution is -2.61. The van der Waals surface area contributed by atoms with Crippen LogP contribution in [0, 0.1) is 21.7 Å². The zero-order valence-electron chi connectivity index (χ0n) is 38.4. The Morgan fingerprint density at radius 3 is 1.86 bits per heavy atom. The van der Waals surface area contributed by atoms with Crippen LogP contribution in [0.3, 0.4) is 0 Å².